The van der Waals surface area contributed by atoms with E-state index in [1.807, 2.05) is 0 Å². The van der Waals surface area contributed by atoms with Crippen LogP contribution in [0.15, 0.2) is 65.4 Å². The SMILES string of the molecule is O=C(O)c1cc2cc(-c3ccc(OC(F)(F)F)cc3)ccc2c(-c2ccsc2)c1F. The van der Waals surface area contributed by atoms with Gasteiger partial charge in [-0.1, -0.05) is 24.3 Å². The molecule has 0 aliphatic carbocycles. The lowest BCUT2D eigenvalue weighted by Crippen LogP contribution is -2.16. The van der Waals surface area contributed by atoms with Gasteiger partial charge in [0, 0.05) is 5.56 Å². The Kier molecular flexibility index (Phi) is 4.95. The van der Waals surface area contributed by atoms with Gasteiger partial charge < -0.3 is 9.84 Å². The smallest absolute Gasteiger partial charge is 0.478 e. The summed E-state index contributed by atoms with van der Waals surface area (Å²) in [6.45, 7) is 0. The van der Waals surface area contributed by atoms with Crippen LogP contribution in [-0.2, 0) is 0 Å². The molecule has 8 heteroatoms. The topological polar surface area (TPSA) is 46.5 Å². The van der Waals surface area contributed by atoms with Crippen LogP contribution >= 0.6 is 11.3 Å². The van der Waals surface area contributed by atoms with Gasteiger partial charge in [0.25, 0.3) is 0 Å². The molecule has 1 heterocycles. The molecule has 0 bridgehead atoms. The summed E-state index contributed by atoms with van der Waals surface area (Å²) >= 11 is 1.37. The van der Waals surface area contributed by atoms with E-state index in [4.69, 9.17) is 0 Å². The quantitative estimate of drug-likeness (QED) is 0.354. The number of benzene rings is 3. The molecule has 4 aromatic rings. The lowest BCUT2D eigenvalue weighted by molar-refractivity contribution is -0.274. The van der Waals surface area contributed by atoms with Crippen LogP contribution in [0.5, 0.6) is 5.75 Å². The summed E-state index contributed by atoms with van der Waals surface area (Å²) in [6, 6.07) is 13.3. The van der Waals surface area contributed by atoms with E-state index in [0.717, 1.165) is 0 Å². The maximum atomic E-state index is 14.9. The maximum absolute atomic E-state index is 14.9. The second kappa shape index (κ2) is 7.46. The highest BCUT2D eigenvalue weighted by molar-refractivity contribution is 7.08. The largest absolute Gasteiger partial charge is 0.573 e. The zero-order valence-corrected chi connectivity index (χ0v) is 15.9. The number of carboxylic acid groups (broad SMARTS) is 1. The first kappa shape index (κ1) is 19.9. The minimum absolute atomic E-state index is 0.201. The molecule has 0 amide bonds. The number of aromatic carboxylic acids is 1. The molecule has 3 nitrogen and oxygen atoms in total. The summed E-state index contributed by atoms with van der Waals surface area (Å²) in [6.07, 6.45) is -4.78. The van der Waals surface area contributed by atoms with Crippen LogP contribution in [0.4, 0.5) is 17.6 Å². The number of ether oxygens (including phenoxy) is 1. The first-order valence-electron chi connectivity index (χ1n) is 8.61. The van der Waals surface area contributed by atoms with Gasteiger partial charge in [0.15, 0.2) is 0 Å². The Balaban J connectivity index is 1.83. The van der Waals surface area contributed by atoms with Crippen molar-refractivity contribution < 1.29 is 32.2 Å². The number of fused-ring (bicyclic) bond motifs is 1. The van der Waals surface area contributed by atoms with Gasteiger partial charge in [-0.25, -0.2) is 9.18 Å². The van der Waals surface area contributed by atoms with E-state index < -0.39 is 23.7 Å². The van der Waals surface area contributed by atoms with Crippen molar-refractivity contribution in [1.82, 2.24) is 0 Å². The fourth-order valence-corrected chi connectivity index (χ4v) is 3.90. The average Bonchev–Trinajstić information content (AvgIpc) is 3.20. The fourth-order valence-electron chi connectivity index (χ4n) is 3.25. The van der Waals surface area contributed by atoms with E-state index in [-0.39, 0.29) is 11.3 Å². The van der Waals surface area contributed by atoms with Gasteiger partial charge in [0.2, 0.25) is 0 Å². The van der Waals surface area contributed by atoms with Crippen molar-refractivity contribution >= 4 is 28.1 Å². The van der Waals surface area contributed by atoms with Gasteiger partial charge in [0.05, 0.1) is 5.56 Å². The third-order valence-electron chi connectivity index (χ3n) is 4.54. The number of alkyl halides is 3. The number of carbonyl (C=O) groups is 1. The Morgan fingerprint density at radius 1 is 0.933 bits per heavy atom. The van der Waals surface area contributed by atoms with E-state index in [2.05, 4.69) is 4.74 Å². The molecular formula is C22H12F4O3S. The summed E-state index contributed by atoms with van der Waals surface area (Å²) in [5.74, 6) is -2.54. The van der Waals surface area contributed by atoms with Gasteiger partial charge >= 0.3 is 12.3 Å². The summed E-state index contributed by atoms with van der Waals surface area (Å²) < 4.78 is 55.8. The molecule has 0 radical (unpaired) electrons. The van der Waals surface area contributed by atoms with Crippen LogP contribution in [-0.4, -0.2) is 17.4 Å². The van der Waals surface area contributed by atoms with Crippen molar-refractivity contribution in [3.8, 4) is 28.0 Å². The number of hydrogen-bond donors (Lipinski definition) is 1. The number of thiophene rings is 1. The summed E-state index contributed by atoms with van der Waals surface area (Å²) in [7, 11) is 0. The lowest BCUT2D eigenvalue weighted by atomic mass is 9.93. The molecule has 0 aliphatic heterocycles. The molecule has 0 fully saturated rings. The van der Waals surface area contributed by atoms with Crippen molar-refractivity contribution in [2.45, 2.75) is 6.36 Å². The maximum Gasteiger partial charge on any atom is 0.573 e. The van der Waals surface area contributed by atoms with Gasteiger partial charge in [-0.15, -0.1) is 13.2 Å². The molecule has 0 saturated carbocycles. The van der Waals surface area contributed by atoms with Crippen LogP contribution < -0.4 is 4.74 Å². The van der Waals surface area contributed by atoms with Gasteiger partial charge in [-0.2, -0.15) is 11.3 Å². The molecule has 0 saturated heterocycles. The molecule has 0 atom stereocenters. The second-order valence-corrected chi connectivity index (χ2v) is 7.22. The van der Waals surface area contributed by atoms with E-state index in [9.17, 15) is 27.5 Å². The third kappa shape index (κ3) is 3.86. The van der Waals surface area contributed by atoms with Crippen molar-refractivity contribution in [2.24, 2.45) is 0 Å². The van der Waals surface area contributed by atoms with Crippen LogP contribution in [0.25, 0.3) is 33.0 Å². The molecule has 3 aromatic carbocycles. The predicted molar refractivity (Wildman–Crippen MR) is 106 cm³/mol. The zero-order chi connectivity index (χ0) is 21.5. The number of carboxylic acids is 1. The van der Waals surface area contributed by atoms with Crippen molar-refractivity contribution in [3.05, 3.63) is 76.7 Å². The van der Waals surface area contributed by atoms with E-state index in [0.29, 0.717) is 27.5 Å². The fraction of sp³-hybridized carbons (Fsp3) is 0.0455. The minimum atomic E-state index is -4.78. The van der Waals surface area contributed by atoms with Crippen molar-refractivity contribution in [1.29, 1.82) is 0 Å². The van der Waals surface area contributed by atoms with Gasteiger partial charge in [-0.05, 0) is 68.6 Å². The van der Waals surface area contributed by atoms with Crippen molar-refractivity contribution in [3.63, 3.8) is 0 Å². The van der Waals surface area contributed by atoms with Crippen LogP contribution in [0.3, 0.4) is 0 Å². The summed E-state index contributed by atoms with van der Waals surface area (Å²) in [4.78, 5) is 11.6. The average molecular weight is 432 g/mol. The predicted octanol–water partition coefficient (Wildman–Crippen LogP) is 6.97. The molecule has 0 spiro atoms. The van der Waals surface area contributed by atoms with Crippen LogP contribution in [0.1, 0.15) is 10.4 Å². The molecule has 1 N–H and O–H groups in total. The highest BCUT2D eigenvalue weighted by Crippen LogP contribution is 2.37. The lowest BCUT2D eigenvalue weighted by Gasteiger charge is -2.12. The first-order valence-corrected chi connectivity index (χ1v) is 9.55. The Bertz CT molecular complexity index is 1230. The molecular weight excluding hydrogens is 420 g/mol. The summed E-state index contributed by atoms with van der Waals surface area (Å²) in [5.41, 5.74) is 1.57. The highest BCUT2D eigenvalue weighted by Gasteiger charge is 2.31. The Hall–Kier alpha value is -3.39. The molecule has 30 heavy (non-hydrogen) atoms. The molecule has 152 valence electrons. The normalized spacial score (nSPS) is 11.6. The Morgan fingerprint density at radius 2 is 1.63 bits per heavy atom. The van der Waals surface area contributed by atoms with Crippen LogP contribution in [0, 0.1) is 5.82 Å². The molecule has 0 aliphatic rings. The number of rotatable bonds is 4. The minimum Gasteiger partial charge on any atom is -0.478 e. The van der Waals surface area contributed by atoms with E-state index >= 15 is 0 Å². The monoisotopic (exact) mass is 432 g/mol. The molecule has 1 aromatic heterocycles. The second-order valence-electron chi connectivity index (χ2n) is 6.44. The Morgan fingerprint density at radius 3 is 2.23 bits per heavy atom. The number of hydrogen-bond acceptors (Lipinski definition) is 3. The van der Waals surface area contributed by atoms with Crippen molar-refractivity contribution in [2.75, 3.05) is 0 Å². The van der Waals surface area contributed by atoms with E-state index in [1.54, 1.807) is 35.0 Å². The zero-order valence-electron chi connectivity index (χ0n) is 15.0. The molecule has 0 unspecified atom stereocenters. The van der Waals surface area contributed by atoms with E-state index in [1.165, 1.54) is 41.7 Å². The molecule has 4 rings (SSSR count). The van der Waals surface area contributed by atoms with Crippen LogP contribution in [0.2, 0.25) is 0 Å². The number of halogens is 4. The van der Waals surface area contributed by atoms with Gasteiger partial charge in [-0.3, -0.25) is 0 Å². The highest BCUT2D eigenvalue weighted by atomic mass is 32.1. The Labute approximate surface area is 171 Å². The summed E-state index contributed by atoms with van der Waals surface area (Å²) in [5, 5.41) is 14.0. The first-order chi connectivity index (χ1) is 14.2. The third-order valence-corrected chi connectivity index (χ3v) is 5.22. The van der Waals surface area contributed by atoms with Gasteiger partial charge in [0.1, 0.15) is 11.6 Å². The standard InChI is InChI=1S/C22H12F4O3S/c23-20-18(21(27)28)10-15-9-13(3-6-17(15)19(20)14-7-8-30-11-14)12-1-4-16(5-2-12)29-22(24,25)26/h1-11H,(H,27,28).